The molecule has 0 spiro atoms. The standard InChI is InChI=1S/C11H16N2OS/c1-7(12)9-4-3-5-10(6-9)15-8(2)11(13)14/h3-8H,12H2,1-2H3,(H2,13,14). The molecule has 0 aliphatic rings. The van der Waals surface area contributed by atoms with Crippen LogP contribution in [0.15, 0.2) is 29.2 Å². The molecule has 1 aromatic carbocycles. The third-order valence-electron chi connectivity index (χ3n) is 2.10. The molecule has 0 aromatic heterocycles. The van der Waals surface area contributed by atoms with Crippen molar-refractivity contribution < 1.29 is 4.79 Å². The molecule has 15 heavy (non-hydrogen) atoms. The monoisotopic (exact) mass is 224 g/mol. The van der Waals surface area contributed by atoms with E-state index in [9.17, 15) is 4.79 Å². The van der Waals surface area contributed by atoms with Crippen molar-refractivity contribution in [1.82, 2.24) is 0 Å². The predicted molar refractivity (Wildman–Crippen MR) is 63.6 cm³/mol. The lowest BCUT2D eigenvalue weighted by molar-refractivity contribution is -0.117. The molecule has 0 fully saturated rings. The van der Waals surface area contributed by atoms with E-state index >= 15 is 0 Å². The van der Waals surface area contributed by atoms with Crippen LogP contribution in [0.5, 0.6) is 0 Å². The molecule has 3 nitrogen and oxygen atoms in total. The van der Waals surface area contributed by atoms with Crippen molar-refractivity contribution in [2.24, 2.45) is 11.5 Å². The number of hydrogen-bond donors (Lipinski definition) is 2. The van der Waals surface area contributed by atoms with E-state index in [1.165, 1.54) is 11.8 Å². The Morgan fingerprint density at radius 1 is 1.40 bits per heavy atom. The number of benzene rings is 1. The first-order valence-corrected chi connectivity index (χ1v) is 5.70. The molecule has 4 N–H and O–H groups in total. The molecule has 0 saturated heterocycles. The van der Waals surface area contributed by atoms with Gasteiger partial charge in [-0.15, -0.1) is 11.8 Å². The maximum Gasteiger partial charge on any atom is 0.230 e. The van der Waals surface area contributed by atoms with E-state index in [1.807, 2.05) is 31.2 Å². The Morgan fingerprint density at radius 3 is 2.60 bits per heavy atom. The second-order valence-electron chi connectivity index (χ2n) is 3.52. The fourth-order valence-corrected chi connectivity index (χ4v) is 2.02. The van der Waals surface area contributed by atoms with Crippen molar-refractivity contribution in [2.45, 2.75) is 30.0 Å². The van der Waals surface area contributed by atoms with Gasteiger partial charge in [-0.3, -0.25) is 4.79 Å². The fourth-order valence-electron chi connectivity index (χ4n) is 1.13. The average molecular weight is 224 g/mol. The Kier molecular flexibility index (Phi) is 4.17. The third-order valence-corrected chi connectivity index (χ3v) is 3.21. The summed E-state index contributed by atoms with van der Waals surface area (Å²) in [7, 11) is 0. The minimum atomic E-state index is -0.300. The number of hydrogen-bond acceptors (Lipinski definition) is 3. The molecule has 0 heterocycles. The summed E-state index contributed by atoms with van der Waals surface area (Å²) in [5.41, 5.74) is 12.0. The second kappa shape index (κ2) is 5.19. The molecular weight excluding hydrogens is 208 g/mol. The van der Waals surface area contributed by atoms with Crippen LogP contribution in [0.4, 0.5) is 0 Å². The van der Waals surface area contributed by atoms with Gasteiger partial charge in [0.2, 0.25) is 5.91 Å². The zero-order chi connectivity index (χ0) is 11.4. The summed E-state index contributed by atoms with van der Waals surface area (Å²) in [6.45, 7) is 3.73. The fraction of sp³-hybridized carbons (Fsp3) is 0.364. The minimum Gasteiger partial charge on any atom is -0.369 e. The SMILES string of the molecule is CC(Sc1cccc(C(C)N)c1)C(N)=O. The summed E-state index contributed by atoms with van der Waals surface area (Å²) in [5.74, 6) is -0.300. The summed E-state index contributed by atoms with van der Waals surface area (Å²) in [4.78, 5) is 11.9. The van der Waals surface area contributed by atoms with Gasteiger partial charge in [0.05, 0.1) is 5.25 Å². The molecule has 0 radical (unpaired) electrons. The molecule has 1 amide bonds. The molecule has 2 unspecified atom stereocenters. The second-order valence-corrected chi connectivity index (χ2v) is 4.94. The number of rotatable bonds is 4. The van der Waals surface area contributed by atoms with Crippen molar-refractivity contribution in [3.8, 4) is 0 Å². The lowest BCUT2D eigenvalue weighted by Crippen LogP contribution is -2.22. The summed E-state index contributed by atoms with van der Waals surface area (Å²) >= 11 is 1.45. The van der Waals surface area contributed by atoms with Gasteiger partial charge in [-0.1, -0.05) is 12.1 Å². The van der Waals surface area contributed by atoms with Crippen molar-refractivity contribution >= 4 is 17.7 Å². The zero-order valence-electron chi connectivity index (χ0n) is 8.94. The Bertz CT molecular complexity index is 352. The molecule has 0 aliphatic heterocycles. The third kappa shape index (κ3) is 3.57. The Morgan fingerprint density at radius 2 is 2.07 bits per heavy atom. The molecule has 0 bridgehead atoms. The summed E-state index contributed by atoms with van der Waals surface area (Å²) in [5, 5.41) is -0.215. The zero-order valence-corrected chi connectivity index (χ0v) is 9.75. The van der Waals surface area contributed by atoms with Crippen molar-refractivity contribution in [2.75, 3.05) is 0 Å². The average Bonchev–Trinajstić information content (AvgIpc) is 2.18. The van der Waals surface area contributed by atoms with Gasteiger partial charge in [0.25, 0.3) is 0 Å². The predicted octanol–water partition coefficient (Wildman–Crippen LogP) is 1.67. The smallest absolute Gasteiger partial charge is 0.230 e. The van der Waals surface area contributed by atoms with Crippen LogP contribution in [0.3, 0.4) is 0 Å². The van der Waals surface area contributed by atoms with Crippen LogP contribution in [-0.2, 0) is 4.79 Å². The Hall–Kier alpha value is -1.00. The van der Waals surface area contributed by atoms with E-state index in [0.29, 0.717) is 0 Å². The molecule has 2 atom stereocenters. The van der Waals surface area contributed by atoms with Crippen LogP contribution in [0, 0.1) is 0 Å². The van der Waals surface area contributed by atoms with E-state index in [4.69, 9.17) is 11.5 Å². The summed E-state index contributed by atoms with van der Waals surface area (Å²) in [6, 6.07) is 7.87. The van der Waals surface area contributed by atoms with Gasteiger partial charge in [-0.2, -0.15) is 0 Å². The highest BCUT2D eigenvalue weighted by atomic mass is 32.2. The van der Waals surface area contributed by atoms with Gasteiger partial charge in [0.1, 0.15) is 0 Å². The van der Waals surface area contributed by atoms with Crippen molar-refractivity contribution in [3.63, 3.8) is 0 Å². The van der Waals surface area contributed by atoms with Crippen LogP contribution >= 0.6 is 11.8 Å². The topological polar surface area (TPSA) is 69.1 Å². The number of thioether (sulfide) groups is 1. The number of carbonyl (C=O) groups is 1. The highest BCUT2D eigenvalue weighted by molar-refractivity contribution is 8.00. The molecule has 4 heteroatoms. The molecule has 1 aromatic rings. The lowest BCUT2D eigenvalue weighted by Gasteiger charge is -2.10. The highest BCUT2D eigenvalue weighted by Crippen LogP contribution is 2.25. The highest BCUT2D eigenvalue weighted by Gasteiger charge is 2.10. The van der Waals surface area contributed by atoms with Crippen LogP contribution in [0.1, 0.15) is 25.5 Å². The molecule has 0 aliphatic carbocycles. The summed E-state index contributed by atoms with van der Waals surface area (Å²) in [6.07, 6.45) is 0. The minimum absolute atomic E-state index is 0.00874. The van der Waals surface area contributed by atoms with E-state index in [0.717, 1.165) is 10.5 Å². The maximum absolute atomic E-state index is 10.9. The van der Waals surface area contributed by atoms with Crippen LogP contribution in [-0.4, -0.2) is 11.2 Å². The normalized spacial score (nSPS) is 14.6. The quantitative estimate of drug-likeness (QED) is 0.764. The molecule has 82 valence electrons. The van der Waals surface area contributed by atoms with Crippen molar-refractivity contribution in [1.29, 1.82) is 0 Å². The number of primary amides is 1. The van der Waals surface area contributed by atoms with Crippen LogP contribution < -0.4 is 11.5 Å². The molecule has 1 rings (SSSR count). The van der Waals surface area contributed by atoms with Gasteiger partial charge >= 0.3 is 0 Å². The first-order valence-electron chi connectivity index (χ1n) is 4.82. The lowest BCUT2D eigenvalue weighted by atomic mass is 10.1. The van der Waals surface area contributed by atoms with Gasteiger partial charge in [-0.05, 0) is 31.5 Å². The van der Waals surface area contributed by atoms with E-state index in [2.05, 4.69) is 0 Å². The van der Waals surface area contributed by atoms with Gasteiger partial charge in [0, 0.05) is 10.9 Å². The molecule has 0 saturated carbocycles. The maximum atomic E-state index is 10.9. The van der Waals surface area contributed by atoms with E-state index < -0.39 is 0 Å². The number of amides is 1. The van der Waals surface area contributed by atoms with Crippen molar-refractivity contribution in [3.05, 3.63) is 29.8 Å². The van der Waals surface area contributed by atoms with Gasteiger partial charge < -0.3 is 11.5 Å². The molecular formula is C11H16N2OS. The van der Waals surface area contributed by atoms with E-state index in [1.54, 1.807) is 6.92 Å². The first-order chi connectivity index (χ1) is 7.00. The number of carbonyl (C=O) groups excluding carboxylic acids is 1. The number of nitrogens with two attached hydrogens (primary N) is 2. The van der Waals surface area contributed by atoms with Gasteiger partial charge in [-0.25, -0.2) is 0 Å². The van der Waals surface area contributed by atoms with E-state index in [-0.39, 0.29) is 17.2 Å². The Labute approximate surface area is 94.2 Å². The van der Waals surface area contributed by atoms with Gasteiger partial charge in [0.15, 0.2) is 0 Å². The first kappa shape index (κ1) is 12.1. The Balaban J connectivity index is 2.78. The van der Waals surface area contributed by atoms with Crippen LogP contribution in [0.25, 0.3) is 0 Å². The van der Waals surface area contributed by atoms with Crippen LogP contribution in [0.2, 0.25) is 0 Å². The largest absolute Gasteiger partial charge is 0.369 e. The summed E-state index contributed by atoms with van der Waals surface area (Å²) < 4.78 is 0.